The number of amides is 1. The predicted octanol–water partition coefficient (Wildman–Crippen LogP) is 4.21. The number of nitrogens with two attached hydrogens (primary N) is 1. The summed E-state index contributed by atoms with van der Waals surface area (Å²) in [5.74, 6) is 0.691. The fraction of sp³-hybridized carbons (Fsp3) is 0.115. The number of hydrogen-bond acceptors (Lipinski definition) is 7. The summed E-state index contributed by atoms with van der Waals surface area (Å²) in [4.78, 5) is 27.8. The van der Waals surface area contributed by atoms with Gasteiger partial charge in [-0.05, 0) is 30.2 Å². The first-order chi connectivity index (χ1) is 17.4. The number of non-ortho nitro benzene ring substituents is 1. The van der Waals surface area contributed by atoms with Crippen LogP contribution in [0.25, 0.3) is 11.4 Å². The number of rotatable bonds is 7. The minimum Gasteiger partial charge on any atom is -0.489 e. The van der Waals surface area contributed by atoms with Crippen LogP contribution in [0.15, 0.2) is 90.1 Å². The minimum absolute atomic E-state index is 0.0693. The highest BCUT2D eigenvalue weighted by Gasteiger charge is 2.33. The van der Waals surface area contributed by atoms with E-state index < -0.39 is 16.9 Å². The Bertz CT molecular complexity index is 1500. The van der Waals surface area contributed by atoms with Gasteiger partial charge in [0.1, 0.15) is 18.4 Å². The number of nitro groups is 1. The van der Waals surface area contributed by atoms with Crippen LogP contribution in [0.4, 0.5) is 11.6 Å². The predicted molar refractivity (Wildman–Crippen MR) is 133 cm³/mol. The lowest BCUT2D eigenvalue weighted by Crippen LogP contribution is -2.31. The maximum atomic E-state index is 12.5. The lowest BCUT2D eigenvalue weighted by molar-refractivity contribution is -0.384. The van der Waals surface area contributed by atoms with Gasteiger partial charge in [0.2, 0.25) is 11.9 Å². The van der Waals surface area contributed by atoms with Crippen molar-refractivity contribution in [3.05, 3.63) is 111 Å². The fourth-order valence-corrected chi connectivity index (χ4v) is 4.17. The highest BCUT2D eigenvalue weighted by molar-refractivity contribution is 5.95. The Morgan fingerprint density at radius 1 is 1.11 bits per heavy atom. The average Bonchev–Trinajstić information content (AvgIpc) is 3.31. The molecule has 0 saturated carbocycles. The number of anilines is 1. The van der Waals surface area contributed by atoms with E-state index in [1.807, 2.05) is 54.6 Å². The van der Waals surface area contributed by atoms with Crippen LogP contribution in [0, 0.1) is 10.1 Å². The zero-order chi connectivity index (χ0) is 25.2. The molecule has 36 heavy (non-hydrogen) atoms. The topological polar surface area (TPSA) is 138 Å². The van der Waals surface area contributed by atoms with Crippen molar-refractivity contribution in [1.29, 1.82) is 0 Å². The van der Waals surface area contributed by atoms with Crippen molar-refractivity contribution in [3.63, 3.8) is 0 Å². The van der Waals surface area contributed by atoms with Gasteiger partial charge in [0, 0.05) is 23.4 Å². The van der Waals surface area contributed by atoms with Gasteiger partial charge in [0.25, 0.3) is 5.69 Å². The fourth-order valence-electron chi connectivity index (χ4n) is 4.17. The molecular weight excluding hydrogens is 460 g/mol. The lowest BCUT2D eigenvalue weighted by Gasteiger charge is -2.27. The molecule has 4 aromatic rings. The van der Waals surface area contributed by atoms with E-state index in [1.165, 1.54) is 12.1 Å². The van der Waals surface area contributed by atoms with Gasteiger partial charge in [-0.15, -0.1) is 5.10 Å². The molecule has 0 fully saturated rings. The largest absolute Gasteiger partial charge is 0.489 e. The van der Waals surface area contributed by atoms with Crippen LogP contribution < -0.4 is 15.8 Å². The van der Waals surface area contributed by atoms with E-state index in [0.717, 1.165) is 11.1 Å². The first kappa shape index (κ1) is 22.8. The molecule has 0 spiro atoms. The van der Waals surface area contributed by atoms with Crippen LogP contribution in [0.1, 0.15) is 24.1 Å². The highest BCUT2D eigenvalue weighted by Crippen LogP contribution is 2.37. The molecule has 1 aliphatic heterocycles. The molecule has 3 aromatic carbocycles. The molecule has 10 heteroatoms. The Morgan fingerprint density at radius 2 is 1.89 bits per heavy atom. The zero-order valence-electron chi connectivity index (χ0n) is 19.3. The van der Waals surface area contributed by atoms with Crippen LogP contribution in [-0.4, -0.2) is 25.6 Å². The number of allylic oxidation sites excluding steroid dienone is 1. The summed E-state index contributed by atoms with van der Waals surface area (Å²) in [5, 5.41) is 18.9. The molecule has 1 atom stereocenters. The van der Waals surface area contributed by atoms with Gasteiger partial charge in [0.15, 0.2) is 5.82 Å². The van der Waals surface area contributed by atoms with Crippen molar-refractivity contribution in [2.75, 3.05) is 5.32 Å². The Morgan fingerprint density at radius 3 is 2.64 bits per heavy atom. The Labute approximate surface area is 206 Å². The third kappa shape index (κ3) is 4.39. The molecule has 1 amide bonds. The Hall–Kier alpha value is -4.99. The van der Waals surface area contributed by atoms with E-state index in [0.29, 0.717) is 35.1 Å². The number of nitrogens with one attached hydrogen (secondary N) is 1. The second-order valence-corrected chi connectivity index (χ2v) is 8.29. The molecule has 0 radical (unpaired) electrons. The second kappa shape index (κ2) is 9.34. The van der Waals surface area contributed by atoms with Gasteiger partial charge < -0.3 is 15.8 Å². The summed E-state index contributed by atoms with van der Waals surface area (Å²) in [6, 6.07) is 22.6. The third-order valence-electron chi connectivity index (χ3n) is 5.86. The van der Waals surface area contributed by atoms with Crippen LogP contribution in [-0.2, 0) is 11.4 Å². The van der Waals surface area contributed by atoms with Crippen molar-refractivity contribution in [3.8, 4) is 17.1 Å². The molecule has 1 aliphatic rings. The summed E-state index contributed by atoms with van der Waals surface area (Å²) in [6.45, 7) is 2.13. The maximum Gasteiger partial charge on any atom is 0.270 e. The van der Waals surface area contributed by atoms with Crippen molar-refractivity contribution in [2.45, 2.75) is 19.6 Å². The van der Waals surface area contributed by atoms with Gasteiger partial charge >= 0.3 is 0 Å². The normalized spacial score (nSPS) is 14.6. The van der Waals surface area contributed by atoms with Crippen LogP contribution >= 0.6 is 0 Å². The highest BCUT2D eigenvalue weighted by atomic mass is 16.6. The molecule has 0 saturated heterocycles. The molecule has 1 unspecified atom stereocenters. The van der Waals surface area contributed by atoms with Crippen LogP contribution in [0.2, 0.25) is 0 Å². The molecule has 0 bridgehead atoms. The standard InChI is InChI=1S/C26H22N6O4/c1-16-22(24(27)33)23(18-9-6-12-21(14-18)36-15-17-7-3-2-4-8-17)31-26(28-16)29-25(30-31)19-10-5-11-20(13-19)32(34)35/h2-14,23H,15H2,1H3,(H2,27,33)(H,28,29,30). The van der Waals surface area contributed by atoms with Gasteiger partial charge in [0.05, 0.1) is 10.5 Å². The van der Waals surface area contributed by atoms with Crippen LogP contribution in [0.5, 0.6) is 5.75 Å². The number of fused-ring (bicyclic) bond motifs is 1. The summed E-state index contributed by atoms with van der Waals surface area (Å²) in [6.07, 6.45) is 0. The molecule has 1 aromatic heterocycles. The smallest absolute Gasteiger partial charge is 0.270 e. The number of ether oxygens (including phenoxy) is 1. The summed E-state index contributed by atoms with van der Waals surface area (Å²) in [7, 11) is 0. The number of carbonyl (C=O) groups excluding carboxylic acids is 1. The number of nitro benzene ring substituents is 1. The Balaban J connectivity index is 1.54. The molecule has 5 rings (SSSR count). The molecule has 2 heterocycles. The Kier molecular flexibility index (Phi) is 5.91. The van der Waals surface area contributed by atoms with E-state index in [2.05, 4.69) is 15.4 Å². The molecular formula is C26H22N6O4. The first-order valence-electron chi connectivity index (χ1n) is 11.2. The SMILES string of the molecule is CC1=C(C(N)=O)C(c2cccc(OCc3ccccc3)c2)n2nc(-c3cccc([N+](=O)[O-])c3)nc2N1. The number of primary amides is 1. The molecule has 10 nitrogen and oxygen atoms in total. The van der Waals surface area contributed by atoms with E-state index in [1.54, 1.807) is 23.7 Å². The quantitative estimate of drug-likeness (QED) is 0.297. The van der Waals surface area contributed by atoms with Gasteiger partial charge in [-0.3, -0.25) is 14.9 Å². The molecule has 180 valence electrons. The van der Waals surface area contributed by atoms with Crippen molar-refractivity contribution in [2.24, 2.45) is 5.73 Å². The lowest BCUT2D eigenvalue weighted by atomic mass is 9.95. The van der Waals surface area contributed by atoms with E-state index in [-0.39, 0.29) is 11.5 Å². The van der Waals surface area contributed by atoms with Gasteiger partial charge in [-0.25, -0.2) is 4.68 Å². The van der Waals surface area contributed by atoms with E-state index >= 15 is 0 Å². The van der Waals surface area contributed by atoms with Crippen molar-refractivity contribution in [1.82, 2.24) is 14.8 Å². The summed E-state index contributed by atoms with van der Waals surface area (Å²) >= 11 is 0. The maximum absolute atomic E-state index is 12.5. The third-order valence-corrected chi connectivity index (χ3v) is 5.86. The van der Waals surface area contributed by atoms with Gasteiger partial charge in [-0.1, -0.05) is 54.6 Å². The number of hydrogen-bond donors (Lipinski definition) is 2. The molecule has 0 aliphatic carbocycles. The average molecular weight is 483 g/mol. The minimum atomic E-state index is -0.668. The van der Waals surface area contributed by atoms with Crippen molar-refractivity contribution >= 4 is 17.5 Å². The number of benzene rings is 3. The van der Waals surface area contributed by atoms with E-state index in [4.69, 9.17) is 10.5 Å². The van der Waals surface area contributed by atoms with Crippen LogP contribution in [0.3, 0.4) is 0 Å². The number of carbonyl (C=O) groups is 1. The number of aromatic nitrogens is 3. The monoisotopic (exact) mass is 482 g/mol. The van der Waals surface area contributed by atoms with Crippen molar-refractivity contribution < 1.29 is 14.5 Å². The second-order valence-electron chi connectivity index (χ2n) is 8.29. The molecule has 3 N–H and O–H groups in total. The summed E-state index contributed by atoms with van der Waals surface area (Å²) < 4.78 is 7.55. The van der Waals surface area contributed by atoms with E-state index in [9.17, 15) is 14.9 Å². The van der Waals surface area contributed by atoms with Gasteiger partial charge in [-0.2, -0.15) is 4.98 Å². The summed E-state index contributed by atoms with van der Waals surface area (Å²) in [5.41, 5.74) is 8.83. The first-order valence-corrected chi connectivity index (χ1v) is 11.2. The number of nitrogens with zero attached hydrogens (tertiary/aromatic N) is 4. The zero-order valence-corrected chi connectivity index (χ0v) is 19.3.